The lowest BCUT2D eigenvalue weighted by molar-refractivity contribution is -0.390. The van der Waals surface area contributed by atoms with Gasteiger partial charge < -0.3 is 20.0 Å². The predicted octanol–water partition coefficient (Wildman–Crippen LogP) is 0.299. The fourth-order valence-electron chi connectivity index (χ4n) is 1.25. The van der Waals surface area contributed by atoms with E-state index in [-0.39, 0.29) is 12.1 Å². The molecule has 98 valence electrons. The number of esters is 1. The summed E-state index contributed by atoms with van der Waals surface area (Å²) in [4.78, 5) is 31.8. The number of carbonyl (C=O) groups is 2. The van der Waals surface area contributed by atoms with Gasteiger partial charge in [0.15, 0.2) is 5.56 Å². The van der Waals surface area contributed by atoms with Gasteiger partial charge in [-0.15, -0.1) is 0 Å². The first-order valence-electron chi connectivity index (χ1n) is 4.89. The van der Waals surface area contributed by atoms with Crippen molar-refractivity contribution in [2.24, 2.45) is 5.92 Å². The molecule has 1 rings (SSSR count). The Labute approximate surface area is 101 Å². The Hall–Kier alpha value is -2.45. The highest BCUT2D eigenvalue weighted by Crippen LogP contribution is 2.17. The number of methoxy groups -OCH3 is 1. The van der Waals surface area contributed by atoms with Gasteiger partial charge in [0.05, 0.1) is 30.9 Å². The van der Waals surface area contributed by atoms with Gasteiger partial charge in [0, 0.05) is 0 Å². The lowest BCUT2D eigenvalue weighted by Crippen LogP contribution is -2.17. The zero-order chi connectivity index (χ0) is 13.9. The highest BCUT2D eigenvalue weighted by atomic mass is 16.6. The monoisotopic (exact) mass is 257 g/mol. The molecule has 0 aliphatic heterocycles. The van der Waals surface area contributed by atoms with Crippen LogP contribution in [0, 0.1) is 16.0 Å². The highest BCUT2D eigenvalue weighted by molar-refractivity contribution is 5.92. The average molecular weight is 257 g/mol. The molecule has 0 unspecified atom stereocenters. The second-order valence-electron chi connectivity index (χ2n) is 3.58. The van der Waals surface area contributed by atoms with Crippen LogP contribution < -0.4 is 0 Å². The molecule has 0 fully saturated rings. The zero-order valence-corrected chi connectivity index (χ0v) is 9.69. The lowest BCUT2D eigenvalue weighted by Gasteiger charge is -2.01. The Morgan fingerprint density at radius 1 is 1.67 bits per heavy atom. The van der Waals surface area contributed by atoms with Crippen LogP contribution in [0.3, 0.4) is 0 Å². The third kappa shape index (κ3) is 2.81. The summed E-state index contributed by atoms with van der Waals surface area (Å²) in [5.41, 5.74) is -0.305. The zero-order valence-electron chi connectivity index (χ0n) is 9.69. The van der Waals surface area contributed by atoms with Gasteiger partial charge in [0.25, 0.3) is 0 Å². The molecule has 0 amide bonds. The molecule has 9 nitrogen and oxygen atoms in total. The number of ether oxygens (including phenoxy) is 1. The Morgan fingerprint density at radius 2 is 2.28 bits per heavy atom. The first-order chi connectivity index (χ1) is 8.36. The summed E-state index contributed by atoms with van der Waals surface area (Å²) in [6.45, 7) is 1.35. The van der Waals surface area contributed by atoms with E-state index < -0.39 is 28.6 Å². The molecule has 0 aromatic carbocycles. The molecule has 0 spiro atoms. The Bertz CT molecular complexity index is 494. The number of rotatable bonds is 5. The minimum atomic E-state index is -1.06. The molecule has 0 saturated heterocycles. The summed E-state index contributed by atoms with van der Waals surface area (Å²) in [7, 11) is 1.09. The van der Waals surface area contributed by atoms with E-state index in [0.717, 1.165) is 18.0 Å². The number of aliphatic carboxylic acids is 1. The largest absolute Gasteiger partial charge is 0.481 e. The third-order valence-electron chi connectivity index (χ3n) is 2.20. The minimum absolute atomic E-state index is 0.0762. The second-order valence-corrected chi connectivity index (χ2v) is 3.58. The van der Waals surface area contributed by atoms with Crippen LogP contribution in [-0.4, -0.2) is 38.9 Å². The number of nitrogens with zero attached hydrogens (tertiary/aromatic N) is 3. The van der Waals surface area contributed by atoms with Gasteiger partial charge in [-0.2, -0.15) is 4.68 Å². The van der Waals surface area contributed by atoms with Crippen LogP contribution in [0.5, 0.6) is 0 Å². The molecule has 18 heavy (non-hydrogen) atoms. The molecule has 0 aliphatic rings. The van der Waals surface area contributed by atoms with Crippen LogP contribution in [-0.2, 0) is 16.1 Å². The van der Waals surface area contributed by atoms with Gasteiger partial charge in [0.2, 0.25) is 0 Å². The number of carboxylic acid groups (broad SMARTS) is 1. The highest BCUT2D eigenvalue weighted by Gasteiger charge is 2.28. The number of carbonyl (C=O) groups excluding carboxylic acids is 1. The molecule has 1 heterocycles. The van der Waals surface area contributed by atoms with Crippen LogP contribution in [0.25, 0.3) is 0 Å². The molecule has 0 saturated carbocycles. The molecular formula is C9H11N3O6. The Morgan fingerprint density at radius 3 is 2.72 bits per heavy atom. The maximum atomic E-state index is 11.3. The molecule has 9 heteroatoms. The molecule has 0 bridgehead atoms. The predicted molar refractivity (Wildman–Crippen MR) is 57.0 cm³/mol. The fraction of sp³-hybridized carbons (Fsp3) is 0.444. The standard InChI is InChI=1S/C9H11N3O6/c1-5(8(13)14)3-11-4-6(9(15)18-2)7(10-11)12(16)17/h4-5H,3H2,1-2H3,(H,13,14)/t5-/m1/s1. The smallest absolute Gasteiger partial charge is 0.404 e. The molecular weight excluding hydrogens is 246 g/mol. The van der Waals surface area contributed by atoms with Gasteiger partial charge in [-0.05, 0) is 4.92 Å². The van der Waals surface area contributed by atoms with Crippen molar-refractivity contribution in [3.63, 3.8) is 0 Å². The van der Waals surface area contributed by atoms with Gasteiger partial charge >= 0.3 is 17.8 Å². The van der Waals surface area contributed by atoms with E-state index in [4.69, 9.17) is 5.11 Å². The fourth-order valence-corrected chi connectivity index (χ4v) is 1.25. The van der Waals surface area contributed by atoms with Crippen LogP contribution in [0.15, 0.2) is 6.20 Å². The molecule has 0 radical (unpaired) electrons. The molecule has 0 aliphatic carbocycles. The van der Waals surface area contributed by atoms with Crippen molar-refractivity contribution in [2.45, 2.75) is 13.5 Å². The van der Waals surface area contributed by atoms with E-state index >= 15 is 0 Å². The third-order valence-corrected chi connectivity index (χ3v) is 2.20. The number of aromatic nitrogens is 2. The number of carboxylic acids is 1. The van der Waals surface area contributed by atoms with Crippen LogP contribution in [0.4, 0.5) is 5.82 Å². The van der Waals surface area contributed by atoms with Gasteiger partial charge in [-0.25, -0.2) is 4.79 Å². The van der Waals surface area contributed by atoms with Crippen molar-refractivity contribution in [1.82, 2.24) is 9.78 Å². The van der Waals surface area contributed by atoms with Crippen LogP contribution in [0.2, 0.25) is 0 Å². The van der Waals surface area contributed by atoms with Crippen molar-refractivity contribution >= 4 is 17.8 Å². The van der Waals surface area contributed by atoms with Crippen molar-refractivity contribution in [3.8, 4) is 0 Å². The second kappa shape index (κ2) is 5.25. The minimum Gasteiger partial charge on any atom is -0.481 e. The number of nitro groups is 1. The summed E-state index contributed by atoms with van der Waals surface area (Å²) in [5, 5.41) is 23.0. The van der Waals surface area contributed by atoms with Gasteiger partial charge in [0.1, 0.15) is 0 Å². The summed E-state index contributed by atoms with van der Waals surface area (Å²) in [5.74, 6) is -3.39. The molecule has 1 N–H and O–H groups in total. The van der Waals surface area contributed by atoms with Crippen LogP contribution in [0.1, 0.15) is 17.3 Å². The van der Waals surface area contributed by atoms with Crippen molar-refractivity contribution < 1.29 is 24.4 Å². The van der Waals surface area contributed by atoms with Gasteiger partial charge in [-0.1, -0.05) is 6.92 Å². The maximum absolute atomic E-state index is 11.3. The number of hydrogen-bond acceptors (Lipinski definition) is 6. The van der Waals surface area contributed by atoms with Crippen molar-refractivity contribution in [2.75, 3.05) is 7.11 Å². The van der Waals surface area contributed by atoms with E-state index in [1.54, 1.807) is 0 Å². The van der Waals surface area contributed by atoms with Crippen molar-refractivity contribution in [1.29, 1.82) is 0 Å². The first kappa shape index (κ1) is 13.6. The van der Waals surface area contributed by atoms with Crippen LogP contribution >= 0.6 is 0 Å². The molecule has 1 aromatic rings. The topological polar surface area (TPSA) is 125 Å². The maximum Gasteiger partial charge on any atom is 0.404 e. The van der Waals surface area contributed by atoms with E-state index in [1.165, 1.54) is 6.92 Å². The van der Waals surface area contributed by atoms with E-state index in [2.05, 4.69) is 9.84 Å². The average Bonchev–Trinajstić information content (AvgIpc) is 2.71. The molecule has 1 atom stereocenters. The van der Waals surface area contributed by atoms with Crippen molar-refractivity contribution in [3.05, 3.63) is 21.9 Å². The lowest BCUT2D eigenvalue weighted by atomic mass is 10.2. The van der Waals surface area contributed by atoms with Gasteiger partial charge in [-0.3, -0.25) is 4.79 Å². The normalized spacial score (nSPS) is 11.9. The van der Waals surface area contributed by atoms with E-state index in [1.807, 2.05) is 0 Å². The summed E-state index contributed by atoms with van der Waals surface area (Å²) < 4.78 is 5.42. The summed E-state index contributed by atoms with van der Waals surface area (Å²) in [6, 6.07) is 0. The Balaban J connectivity index is 3.06. The first-order valence-corrected chi connectivity index (χ1v) is 4.89. The quantitative estimate of drug-likeness (QED) is 0.456. The Kier molecular flexibility index (Phi) is 3.97. The number of hydrogen-bond donors (Lipinski definition) is 1. The summed E-state index contributed by atoms with van der Waals surface area (Å²) in [6.07, 6.45) is 1.10. The van der Waals surface area contributed by atoms with E-state index in [9.17, 15) is 19.7 Å². The summed E-state index contributed by atoms with van der Waals surface area (Å²) >= 11 is 0. The molecule has 1 aromatic heterocycles. The van der Waals surface area contributed by atoms with E-state index in [0.29, 0.717) is 0 Å². The SMILES string of the molecule is COC(=O)c1cn(C[C@@H](C)C(=O)O)nc1[N+](=O)[O-].